The number of hydrogen-bond acceptors (Lipinski definition) is 1. The van der Waals surface area contributed by atoms with Crippen LogP contribution < -0.4 is 4.74 Å². The molecule has 1 unspecified atom stereocenters. The van der Waals surface area contributed by atoms with Crippen LogP contribution in [0.15, 0.2) is 53.0 Å². The zero-order valence-electron chi connectivity index (χ0n) is 10.8. The number of alkyl halides is 1. The molecule has 0 N–H and O–H groups in total. The Morgan fingerprint density at radius 3 is 2.68 bits per heavy atom. The van der Waals surface area contributed by atoms with Crippen LogP contribution in [0, 0.1) is 0 Å². The minimum atomic E-state index is -0.0861. The van der Waals surface area contributed by atoms with E-state index in [0.717, 1.165) is 22.2 Å². The molecule has 0 radical (unpaired) electrons. The highest BCUT2D eigenvalue weighted by Crippen LogP contribution is 2.32. The fourth-order valence-electron chi connectivity index (χ4n) is 2.01. The van der Waals surface area contributed by atoms with Gasteiger partial charge < -0.3 is 4.74 Å². The molecule has 0 bridgehead atoms. The van der Waals surface area contributed by atoms with E-state index in [0.29, 0.717) is 6.61 Å². The fraction of sp³-hybridized carbons (Fsp3) is 0.250. The summed E-state index contributed by atoms with van der Waals surface area (Å²) in [5.41, 5.74) is 2.26. The van der Waals surface area contributed by atoms with Gasteiger partial charge in [0.1, 0.15) is 5.75 Å². The highest BCUT2D eigenvalue weighted by Gasteiger charge is 2.14. The highest BCUT2D eigenvalue weighted by molar-refractivity contribution is 9.10. The first kappa shape index (κ1) is 14.4. The number of rotatable bonds is 5. The van der Waals surface area contributed by atoms with Crippen molar-refractivity contribution >= 4 is 27.5 Å². The second-order valence-corrected chi connectivity index (χ2v) is 5.71. The van der Waals surface area contributed by atoms with E-state index >= 15 is 0 Å². The molecular weight excluding hydrogens is 324 g/mol. The molecule has 1 atom stereocenters. The summed E-state index contributed by atoms with van der Waals surface area (Å²) in [7, 11) is 0. The third-order valence-electron chi connectivity index (χ3n) is 2.86. The lowest BCUT2D eigenvalue weighted by Crippen LogP contribution is -2.01. The van der Waals surface area contributed by atoms with Gasteiger partial charge in [-0.15, -0.1) is 11.6 Å². The molecule has 0 heterocycles. The van der Waals surface area contributed by atoms with Gasteiger partial charge in [-0.1, -0.05) is 46.3 Å². The lowest BCUT2D eigenvalue weighted by molar-refractivity contribution is 0.336. The molecule has 1 nitrogen and oxygen atoms in total. The molecule has 0 aliphatic carbocycles. The molecule has 0 amide bonds. The van der Waals surface area contributed by atoms with Gasteiger partial charge in [-0.2, -0.15) is 0 Å². The molecule has 0 aliphatic heterocycles. The van der Waals surface area contributed by atoms with Crippen LogP contribution in [0.5, 0.6) is 5.75 Å². The van der Waals surface area contributed by atoms with Crippen LogP contribution in [0.2, 0.25) is 0 Å². The van der Waals surface area contributed by atoms with E-state index in [-0.39, 0.29) is 5.38 Å². The van der Waals surface area contributed by atoms with Crippen molar-refractivity contribution in [1.29, 1.82) is 0 Å². The van der Waals surface area contributed by atoms with Crippen LogP contribution in [0.25, 0.3) is 0 Å². The topological polar surface area (TPSA) is 9.23 Å². The van der Waals surface area contributed by atoms with Crippen molar-refractivity contribution < 1.29 is 4.74 Å². The van der Waals surface area contributed by atoms with Crippen LogP contribution in [0.1, 0.15) is 23.4 Å². The van der Waals surface area contributed by atoms with Crippen molar-refractivity contribution in [3.63, 3.8) is 0 Å². The van der Waals surface area contributed by atoms with Crippen molar-refractivity contribution in [2.24, 2.45) is 0 Å². The Hall–Kier alpha value is -0.990. The van der Waals surface area contributed by atoms with Crippen LogP contribution in [-0.2, 0) is 6.42 Å². The summed E-state index contributed by atoms with van der Waals surface area (Å²) in [5, 5.41) is -0.0861. The Bertz CT molecular complexity index is 542. The van der Waals surface area contributed by atoms with E-state index < -0.39 is 0 Å². The second-order valence-electron chi connectivity index (χ2n) is 4.27. The third kappa shape index (κ3) is 3.99. The SMILES string of the molecule is CCOc1ccccc1C(Cl)Cc1cccc(Br)c1. The Morgan fingerprint density at radius 2 is 1.95 bits per heavy atom. The predicted molar refractivity (Wildman–Crippen MR) is 84.1 cm³/mol. The molecule has 0 saturated carbocycles. The van der Waals surface area contributed by atoms with Crippen LogP contribution in [0.4, 0.5) is 0 Å². The molecular formula is C16H16BrClO. The molecule has 100 valence electrons. The van der Waals surface area contributed by atoms with E-state index in [2.05, 4.69) is 28.1 Å². The number of hydrogen-bond donors (Lipinski definition) is 0. The molecule has 0 aromatic heterocycles. The minimum absolute atomic E-state index is 0.0861. The van der Waals surface area contributed by atoms with E-state index in [9.17, 15) is 0 Å². The van der Waals surface area contributed by atoms with Crippen molar-refractivity contribution in [3.8, 4) is 5.75 Å². The first-order chi connectivity index (χ1) is 9.20. The summed E-state index contributed by atoms with van der Waals surface area (Å²) >= 11 is 10.0. The Kier molecular flexibility index (Phi) is 5.29. The van der Waals surface area contributed by atoms with Gasteiger partial charge in [0.15, 0.2) is 0 Å². The highest BCUT2D eigenvalue weighted by atomic mass is 79.9. The Labute approximate surface area is 127 Å². The van der Waals surface area contributed by atoms with Gasteiger partial charge in [0.25, 0.3) is 0 Å². The number of benzene rings is 2. The minimum Gasteiger partial charge on any atom is -0.494 e. The molecule has 0 fully saturated rings. The molecule has 0 spiro atoms. The van der Waals surface area contributed by atoms with E-state index in [1.807, 2.05) is 43.3 Å². The van der Waals surface area contributed by atoms with Gasteiger partial charge in [-0.25, -0.2) is 0 Å². The maximum absolute atomic E-state index is 6.54. The lowest BCUT2D eigenvalue weighted by atomic mass is 10.0. The zero-order chi connectivity index (χ0) is 13.7. The standard InChI is InChI=1S/C16H16BrClO/c1-2-19-16-9-4-3-8-14(16)15(18)11-12-6-5-7-13(17)10-12/h3-10,15H,2,11H2,1H3. The van der Waals surface area contributed by atoms with Crippen LogP contribution in [-0.4, -0.2) is 6.61 Å². The summed E-state index contributed by atoms with van der Waals surface area (Å²) in [5.74, 6) is 0.875. The fourth-order valence-corrected chi connectivity index (χ4v) is 2.81. The summed E-state index contributed by atoms with van der Waals surface area (Å²) in [6, 6.07) is 16.2. The van der Waals surface area contributed by atoms with Crippen molar-refractivity contribution in [1.82, 2.24) is 0 Å². The first-order valence-corrected chi connectivity index (χ1v) is 7.54. The van der Waals surface area contributed by atoms with Crippen LogP contribution >= 0.6 is 27.5 Å². The summed E-state index contributed by atoms with van der Waals surface area (Å²) < 4.78 is 6.70. The predicted octanol–water partition coefficient (Wildman–Crippen LogP) is 5.37. The average molecular weight is 340 g/mol. The number of ether oxygens (including phenoxy) is 1. The second kappa shape index (κ2) is 6.97. The Morgan fingerprint density at radius 1 is 1.16 bits per heavy atom. The van der Waals surface area contributed by atoms with Crippen molar-refractivity contribution in [2.75, 3.05) is 6.61 Å². The summed E-state index contributed by atoms with van der Waals surface area (Å²) in [6.45, 7) is 2.63. The van der Waals surface area contributed by atoms with E-state index in [1.54, 1.807) is 0 Å². The van der Waals surface area contributed by atoms with Gasteiger partial charge in [0.05, 0.1) is 12.0 Å². The zero-order valence-corrected chi connectivity index (χ0v) is 13.1. The molecule has 19 heavy (non-hydrogen) atoms. The van der Waals surface area contributed by atoms with E-state index in [1.165, 1.54) is 5.56 Å². The summed E-state index contributed by atoms with van der Waals surface area (Å²) in [6.07, 6.45) is 0.783. The normalized spacial score (nSPS) is 12.2. The van der Waals surface area contributed by atoms with Crippen molar-refractivity contribution in [3.05, 3.63) is 64.1 Å². The third-order valence-corrected chi connectivity index (χ3v) is 3.74. The number of halogens is 2. The van der Waals surface area contributed by atoms with Gasteiger partial charge in [0, 0.05) is 10.0 Å². The molecule has 2 aromatic carbocycles. The molecule has 0 aliphatic rings. The van der Waals surface area contributed by atoms with E-state index in [4.69, 9.17) is 16.3 Å². The smallest absolute Gasteiger partial charge is 0.123 e. The first-order valence-electron chi connectivity index (χ1n) is 6.31. The summed E-state index contributed by atoms with van der Waals surface area (Å²) in [4.78, 5) is 0. The average Bonchev–Trinajstić information content (AvgIpc) is 2.39. The molecule has 2 aromatic rings. The quantitative estimate of drug-likeness (QED) is 0.665. The molecule has 0 saturated heterocycles. The largest absolute Gasteiger partial charge is 0.494 e. The maximum Gasteiger partial charge on any atom is 0.123 e. The van der Waals surface area contributed by atoms with Gasteiger partial charge >= 0.3 is 0 Å². The van der Waals surface area contributed by atoms with Crippen LogP contribution in [0.3, 0.4) is 0 Å². The Balaban J connectivity index is 2.17. The van der Waals surface area contributed by atoms with Gasteiger partial charge in [-0.05, 0) is 37.1 Å². The number of para-hydroxylation sites is 1. The molecule has 3 heteroatoms. The van der Waals surface area contributed by atoms with Gasteiger partial charge in [0.2, 0.25) is 0 Å². The molecule has 2 rings (SSSR count). The maximum atomic E-state index is 6.54. The lowest BCUT2D eigenvalue weighted by Gasteiger charge is -2.15. The monoisotopic (exact) mass is 338 g/mol. The van der Waals surface area contributed by atoms with Gasteiger partial charge in [-0.3, -0.25) is 0 Å². The van der Waals surface area contributed by atoms with Crippen molar-refractivity contribution in [2.45, 2.75) is 18.7 Å².